The number of aromatic nitrogens is 2. The molecule has 5 rings (SSSR count). The number of aromatic hydroxyl groups is 1. The molecule has 196 valence electrons. The first kappa shape index (κ1) is 25.4. The van der Waals surface area contributed by atoms with Crippen molar-refractivity contribution in [3.8, 4) is 5.75 Å². The van der Waals surface area contributed by atoms with Crippen molar-refractivity contribution in [1.29, 1.82) is 0 Å². The molecule has 1 aromatic carbocycles. The molecule has 3 aliphatic rings. The quantitative estimate of drug-likeness (QED) is 0.399. The van der Waals surface area contributed by atoms with Crippen molar-refractivity contribution in [1.82, 2.24) is 25.7 Å². The Balaban J connectivity index is 1.29. The van der Waals surface area contributed by atoms with E-state index in [1.807, 2.05) is 19.2 Å². The highest BCUT2D eigenvalue weighted by molar-refractivity contribution is 5.64. The second kappa shape index (κ2) is 10.6. The van der Waals surface area contributed by atoms with E-state index in [4.69, 9.17) is 4.98 Å². The first-order valence-corrected chi connectivity index (χ1v) is 13.5. The van der Waals surface area contributed by atoms with Gasteiger partial charge in [-0.1, -0.05) is 26.0 Å². The van der Waals surface area contributed by atoms with Crippen LogP contribution >= 0.6 is 0 Å². The van der Waals surface area contributed by atoms with E-state index in [0.29, 0.717) is 6.04 Å². The van der Waals surface area contributed by atoms with E-state index in [0.717, 1.165) is 61.4 Å². The predicted molar refractivity (Wildman–Crippen MR) is 139 cm³/mol. The van der Waals surface area contributed by atoms with Gasteiger partial charge in [-0.3, -0.25) is 10.3 Å². The van der Waals surface area contributed by atoms with Gasteiger partial charge in [0, 0.05) is 37.6 Å². The van der Waals surface area contributed by atoms with Gasteiger partial charge in [-0.2, -0.15) is 0 Å². The molecule has 0 bridgehead atoms. The third kappa shape index (κ3) is 4.84. The lowest BCUT2D eigenvalue weighted by atomic mass is 9.71. The number of phenolic OH excluding ortho intramolecular Hbond substituents is 1. The van der Waals surface area contributed by atoms with Gasteiger partial charge in [0.25, 0.3) is 0 Å². The number of aryl methyl sites for hydroxylation is 1. The van der Waals surface area contributed by atoms with Gasteiger partial charge in [-0.05, 0) is 67.4 Å². The minimum Gasteiger partial charge on any atom is -0.508 e. The van der Waals surface area contributed by atoms with Crippen molar-refractivity contribution >= 4 is 5.57 Å². The number of H-pyrrole nitrogens is 1. The highest BCUT2D eigenvalue weighted by atomic mass is 19.1. The van der Waals surface area contributed by atoms with Crippen LogP contribution in [0.5, 0.6) is 5.75 Å². The summed E-state index contributed by atoms with van der Waals surface area (Å²) in [5.41, 5.74) is 10.9. The summed E-state index contributed by atoms with van der Waals surface area (Å²) in [4.78, 5) is 10.7. The number of rotatable bonds is 7. The molecule has 7 atom stereocenters. The molecule has 7 nitrogen and oxygen atoms in total. The molecule has 0 spiro atoms. The minimum atomic E-state index is -1.02. The van der Waals surface area contributed by atoms with Crippen LogP contribution in [0.2, 0.25) is 0 Å². The van der Waals surface area contributed by atoms with Crippen LogP contribution in [0.15, 0.2) is 30.5 Å². The van der Waals surface area contributed by atoms with Crippen molar-refractivity contribution in [3.63, 3.8) is 0 Å². The fourth-order valence-corrected chi connectivity index (χ4v) is 6.37. The normalized spacial score (nSPS) is 31.8. The smallest absolute Gasteiger partial charge is 0.125 e. The van der Waals surface area contributed by atoms with Crippen LogP contribution in [0.25, 0.3) is 5.57 Å². The molecule has 2 aromatic rings. The Labute approximate surface area is 213 Å². The van der Waals surface area contributed by atoms with Gasteiger partial charge in [0.05, 0.1) is 24.0 Å². The second-order valence-electron chi connectivity index (χ2n) is 11.0. The number of aromatic amines is 1. The SMILES string of the molecule is CCc1cc(O)ccc1C1CCC2C(c3ncc(C4=CC[C@H](C)N(C[C@H](C)CO)C4)[nH]3)NNC2C1F. The lowest BCUT2D eigenvalue weighted by molar-refractivity contribution is 0.135. The van der Waals surface area contributed by atoms with E-state index in [1.54, 1.807) is 12.1 Å². The molecule has 2 aliphatic heterocycles. The molecule has 5 unspecified atom stereocenters. The molecular formula is C28H40FN5O2. The van der Waals surface area contributed by atoms with Gasteiger partial charge in [0.2, 0.25) is 0 Å². The number of hydrogen-bond acceptors (Lipinski definition) is 6. The molecule has 1 saturated heterocycles. The van der Waals surface area contributed by atoms with E-state index in [2.05, 4.69) is 40.7 Å². The lowest BCUT2D eigenvalue weighted by Gasteiger charge is -2.36. The molecule has 36 heavy (non-hydrogen) atoms. The molecule has 8 heteroatoms. The van der Waals surface area contributed by atoms with E-state index >= 15 is 4.39 Å². The molecule has 5 N–H and O–H groups in total. The summed E-state index contributed by atoms with van der Waals surface area (Å²) < 4.78 is 15.9. The zero-order valence-corrected chi connectivity index (χ0v) is 21.5. The first-order valence-electron chi connectivity index (χ1n) is 13.5. The maximum atomic E-state index is 15.9. The van der Waals surface area contributed by atoms with Crippen molar-refractivity contribution in [2.45, 2.75) is 76.7 Å². The third-order valence-corrected chi connectivity index (χ3v) is 8.54. The number of nitrogens with zero attached hydrogens (tertiary/aromatic N) is 2. The van der Waals surface area contributed by atoms with Crippen molar-refractivity contribution in [3.05, 3.63) is 53.1 Å². The average Bonchev–Trinajstić information content (AvgIpc) is 3.53. The monoisotopic (exact) mass is 497 g/mol. The van der Waals surface area contributed by atoms with Crippen LogP contribution < -0.4 is 10.9 Å². The van der Waals surface area contributed by atoms with Crippen molar-refractivity contribution < 1.29 is 14.6 Å². The van der Waals surface area contributed by atoms with Gasteiger partial charge in [0.1, 0.15) is 17.7 Å². The van der Waals surface area contributed by atoms with E-state index in [9.17, 15) is 10.2 Å². The number of fused-ring (bicyclic) bond motifs is 1. The Morgan fingerprint density at radius 1 is 1.25 bits per heavy atom. The van der Waals surface area contributed by atoms with Gasteiger partial charge in [-0.15, -0.1) is 0 Å². The summed E-state index contributed by atoms with van der Waals surface area (Å²) in [6.07, 6.45) is 6.59. The summed E-state index contributed by atoms with van der Waals surface area (Å²) in [5, 5.41) is 19.4. The number of hydrogen-bond donors (Lipinski definition) is 5. The minimum absolute atomic E-state index is 0.0676. The number of phenols is 1. The molecule has 1 aromatic heterocycles. The van der Waals surface area contributed by atoms with Crippen molar-refractivity contribution in [2.24, 2.45) is 11.8 Å². The van der Waals surface area contributed by atoms with Gasteiger partial charge >= 0.3 is 0 Å². The lowest BCUT2D eigenvalue weighted by Crippen LogP contribution is -2.45. The van der Waals surface area contributed by atoms with Gasteiger partial charge in [0.15, 0.2) is 0 Å². The summed E-state index contributed by atoms with van der Waals surface area (Å²) in [6, 6.07) is 5.44. The summed E-state index contributed by atoms with van der Waals surface area (Å²) >= 11 is 0. The highest BCUT2D eigenvalue weighted by Gasteiger charge is 2.48. The molecule has 1 aliphatic carbocycles. The highest BCUT2D eigenvalue weighted by Crippen LogP contribution is 2.45. The van der Waals surface area contributed by atoms with E-state index in [1.165, 1.54) is 5.57 Å². The third-order valence-electron chi connectivity index (χ3n) is 8.54. The van der Waals surface area contributed by atoms with Crippen LogP contribution in [0, 0.1) is 11.8 Å². The molecule has 0 amide bonds. The number of halogens is 1. The number of nitrogens with one attached hydrogen (secondary N) is 3. The first-order chi connectivity index (χ1) is 17.4. The average molecular weight is 498 g/mol. The largest absolute Gasteiger partial charge is 0.508 e. The Bertz CT molecular complexity index is 1090. The number of benzene rings is 1. The summed E-state index contributed by atoms with van der Waals surface area (Å²) in [5.74, 6) is 1.27. The Hall–Kier alpha value is -2.26. The Kier molecular flexibility index (Phi) is 7.49. The van der Waals surface area contributed by atoms with Crippen LogP contribution in [0.3, 0.4) is 0 Å². The van der Waals surface area contributed by atoms with Crippen LogP contribution in [-0.2, 0) is 6.42 Å². The maximum Gasteiger partial charge on any atom is 0.125 e. The number of alkyl halides is 1. The molecule has 1 saturated carbocycles. The number of imidazole rings is 1. The summed E-state index contributed by atoms with van der Waals surface area (Å²) in [7, 11) is 0. The van der Waals surface area contributed by atoms with Crippen molar-refractivity contribution in [2.75, 3.05) is 19.7 Å². The molecule has 2 fully saturated rings. The fourth-order valence-electron chi connectivity index (χ4n) is 6.37. The zero-order chi connectivity index (χ0) is 25.4. The number of hydrazine groups is 1. The summed E-state index contributed by atoms with van der Waals surface area (Å²) in [6.45, 7) is 8.25. The predicted octanol–water partition coefficient (Wildman–Crippen LogP) is 3.83. The number of aliphatic hydroxyl groups is 1. The van der Waals surface area contributed by atoms with Crippen LogP contribution in [-0.4, -0.2) is 63.0 Å². The van der Waals surface area contributed by atoms with Gasteiger partial charge in [-0.25, -0.2) is 14.8 Å². The fraction of sp³-hybridized carbons (Fsp3) is 0.607. The zero-order valence-electron chi connectivity index (χ0n) is 21.5. The van der Waals surface area contributed by atoms with Gasteiger partial charge < -0.3 is 15.2 Å². The second-order valence-corrected chi connectivity index (χ2v) is 11.0. The van der Waals surface area contributed by atoms with Crippen LogP contribution in [0.1, 0.15) is 74.6 Å². The van der Waals surface area contributed by atoms with E-state index < -0.39 is 6.17 Å². The molecular weight excluding hydrogens is 457 g/mol. The topological polar surface area (TPSA) is 96.4 Å². The Morgan fingerprint density at radius 2 is 2.08 bits per heavy atom. The van der Waals surface area contributed by atoms with E-state index in [-0.39, 0.29) is 42.2 Å². The maximum absolute atomic E-state index is 15.9. The Morgan fingerprint density at radius 3 is 2.86 bits per heavy atom. The standard InChI is InChI=1S/C28H40FN5O2/c1-4-18-11-20(36)7-8-21(18)22-9-10-23-26(25(22)29)32-33-27(23)28-30-12-24(31-28)19-6-5-17(3)34(14-19)13-16(2)15-35/h6-8,11-12,16-17,22-23,25-27,32-33,35-36H,4-5,9-10,13-15H2,1-3H3,(H,30,31)/t16-,17-,22?,23?,25?,26?,27?/m0/s1. The molecule has 3 heterocycles. The van der Waals surface area contributed by atoms with Crippen LogP contribution in [0.4, 0.5) is 4.39 Å². The molecule has 0 radical (unpaired) electrons. The number of aliphatic hydroxyl groups excluding tert-OH is 1.